The molecule has 0 N–H and O–H groups in total. The van der Waals surface area contributed by atoms with Gasteiger partial charge in [-0.1, -0.05) is 35.0 Å². The highest BCUT2D eigenvalue weighted by molar-refractivity contribution is 9.09. The van der Waals surface area contributed by atoms with Gasteiger partial charge in [-0.15, -0.1) is 0 Å². The minimum absolute atomic E-state index is 0.720. The molecule has 11 heavy (non-hydrogen) atoms. The number of halogens is 1. The molecule has 0 nitrogen and oxygen atoms in total. The van der Waals surface area contributed by atoms with E-state index in [1.807, 2.05) is 0 Å². The molecule has 3 atom stereocenters. The molecule has 0 aliphatic heterocycles. The SMILES string of the molecule is C=C(C)C1CCC(C)C(Br)C1. The first-order valence-electron chi connectivity index (χ1n) is 4.40. The zero-order valence-electron chi connectivity index (χ0n) is 7.44. The van der Waals surface area contributed by atoms with E-state index in [0.717, 1.165) is 16.7 Å². The average Bonchev–Trinajstić information content (AvgIpc) is 1.94. The summed E-state index contributed by atoms with van der Waals surface area (Å²) in [6, 6.07) is 0. The fourth-order valence-corrected chi connectivity index (χ4v) is 2.43. The second-order valence-electron chi connectivity index (χ2n) is 3.85. The third-order valence-electron chi connectivity index (χ3n) is 2.79. The van der Waals surface area contributed by atoms with Gasteiger partial charge in [0.05, 0.1) is 0 Å². The lowest BCUT2D eigenvalue weighted by Gasteiger charge is -2.31. The van der Waals surface area contributed by atoms with Gasteiger partial charge in [0.25, 0.3) is 0 Å². The van der Waals surface area contributed by atoms with E-state index >= 15 is 0 Å². The molecule has 1 fully saturated rings. The van der Waals surface area contributed by atoms with Crippen molar-refractivity contribution in [2.75, 3.05) is 0 Å². The highest BCUT2D eigenvalue weighted by Crippen LogP contribution is 2.36. The van der Waals surface area contributed by atoms with Gasteiger partial charge in [-0.25, -0.2) is 0 Å². The Morgan fingerprint density at radius 2 is 2.09 bits per heavy atom. The summed E-state index contributed by atoms with van der Waals surface area (Å²) >= 11 is 3.72. The van der Waals surface area contributed by atoms with Gasteiger partial charge in [0.2, 0.25) is 0 Å². The van der Waals surface area contributed by atoms with Crippen LogP contribution in [0.25, 0.3) is 0 Å². The Morgan fingerprint density at radius 3 is 2.55 bits per heavy atom. The Balaban J connectivity index is 2.46. The standard InChI is InChI=1S/C10H17Br/c1-7(2)9-5-4-8(3)10(11)6-9/h8-10H,1,4-6H2,2-3H3. The molecule has 0 saturated heterocycles. The first kappa shape index (κ1) is 9.31. The summed E-state index contributed by atoms with van der Waals surface area (Å²) in [6.07, 6.45) is 3.99. The van der Waals surface area contributed by atoms with Gasteiger partial charge in [0.15, 0.2) is 0 Å². The van der Waals surface area contributed by atoms with Crippen LogP contribution < -0.4 is 0 Å². The maximum atomic E-state index is 4.02. The molecule has 3 unspecified atom stereocenters. The van der Waals surface area contributed by atoms with E-state index in [9.17, 15) is 0 Å². The van der Waals surface area contributed by atoms with Crippen molar-refractivity contribution >= 4 is 15.9 Å². The summed E-state index contributed by atoms with van der Waals surface area (Å²) < 4.78 is 0. The van der Waals surface area contributed by atoms with Crippen molar-refractivity contribution in [3.63, 3.8) is 0 Å². The number of alkyl halides is 1. The number of allylic oxidation sites excluding steroid dienone is 1. The van der Waals surface area contributed by atoms with Crippen LogP contribution >= 0.6 is 15.9 Å². The van der Waals surface area contributed by atoms with Crippen molar-refractivity contribution in [2.45, 2.75) is 37.9 Å². The van der Waals surface area contributed by atoms with E-state index in [0.29, 0.717) is 0 Å². The predicted octanol–water partition coefficient (Wildman–Crippen LogP) is 3.76. The van der Waals surface area contributed by atoms with Gasteiger partial charge in [-0.3, -0.25) is 0 Å². The van der Waals surface area contributed by atoms with Gasteiger partial charge in [0.1, 0.15) is 0 Å². The number of hydrogen-bond donors (Lipinski definition) is 0. The largest absolute Gasteiger partial charge is 0.0999 e. The summed E-state index contributed by atoms with van der Waals surface area (Å²) in [5, 5.41) is 0. The third kappa shape index (κ3) is 2.33. The molecule has 0 amide bonds. The molecule has 64 valence electrons. The molecule has 0 aromatic heterocycles. The molecular weight excluding hydrogens is 200 g/mol. The van der Waals surface area contributed by atoms with Gasteiger partial charge >= 0.3 is 0 Å². The van der Waals surface area contributed by atoms with E-state index in [-0.39, 0.29) is 0 Å². The Bertz CT molecular complexity index is 151. The molecule has 0 aromatic rings. The Labute approximate surface area is 78.2 Å². The van der Waals surface area contributed by atoms with Crippen LogP contribution in [0.3, 0.4) is 0 Å². The second kappa shape index (κ2) is 3.75. The lowest BCUT2D eigenvalue weighted by molar-refractivity contribution is 0.335. The quantitative estimate of drug-likeness (QED) is 0.463. The molecular formula is C10H17Br. The molecule has 0 radical (unpaired) electrons. The molecule has 0 bridgehead atoms. The minimum Gasteiger partial charge on any atom is -0.0999 e. The monoisotopic (exact) mass is 216 g/mol. The maximum absolute atomic E-state index is 4.02. The number of rotatable bonds is 1. The van der Waals surface area contributed by atoms with Crippen molar-refractivity contribution in [1.82, 2.24) is 0 Å². The van der Waals surface area contributed by atoms with Crippen molar-refractivity contribution in [2.24, 2.45) is 11.8 Å². The van der Waals surface area contributed by atoms with Crippen molar-refractivity contribution in [3.8, 4) is 0 Å². The molecule has 0 spiro atoms. The Morgan fingerprint density at radius 1 is 1.45 bits per heavy atom. The van der Waals surface area contributed by atoms with Crippen LogP contribution in [0.15, 0.2) is 12.2 Å². The van der Waals surface area contributed by atoms with E-state index in [4.69, 9.17) is 0 Å². The maximum Gasteiger partial charge on any atom is 0.0177 e. The van der Waals surface area contributed by atoms with Crippen molar-refractivity contribution in [3.05, 3.63) is 12.2 Å². The number of hydrogen-bond acceptors (Lipinski definition) is 0. The molecule has 1 rings (SSSR count). The first-order valence-corrected chi connectivity index (χ1v) is 5.32. The highest BCUT2D eigenvalue weighted by atomic mass is 79.9. The summed E-state index contributed by atoms with van der Waals surface area (Å²) in [7, 11) is 0. The van der Waals surface area contributed by atoms with E-state index < -0.39 is 0 Å². The predicted molar refractivity (Wildman–Crippen MR) is 54.0 cm³/mol. The molecule has 1 aliphatic carbocycles. The Hall–Kier alpha value is 0.220. The Kier molecular flexibility index (Phi) is 3.17. The van der Waals surface area contributed by atoms with E-state index in [2.05, 4.69) is 36.4 Å². The van der Waals surface area contributed by atoms with Crippen molar-refractivity contribution in [1.29, 1.82) is 0 Å². The lowest BCUT2D eigenvalue weighted by Crippen LogP contribution is -2.23. The molecule has 0 aromatic carbocycles. The fourth-order valence-electron chi connectivity index (χ4n) is 1.71. The van der Waals surface area contributed by atoms with E-state index in [1.54, 1.807) is 0 Å². The van der Waals surface area contributed by atoms with Crippen LogP contribution in [0.1, 0.15) is 33.1 Å². The zero-order valence-corrected chi connectivity index (χ0v) is 9.02. The summed E-state index contributed by atoms with van der Waals surface area (Å²) in [5.74, 6) is 1.63. The highest BCUT2D eigenvalue weighted by Gasteiger charge is 2.25. The molecule has 1 heteroatoms. The normalized spacial score (nSPS) is 38.6. The van der Waals surface area contributed by atoms with Crippen LogP contribution in [0.2, 0.25) is 0 Å². The fraction of sp³-hybridized carbons (Fsp3) is 0.800. The van der Waals surface area contributed by atoms with Crippen molar-refractivity contribution < 1.29 is 0 Å². The molecule has 0 heterocycles. The van der Waals surface area contributed by atoms with Gasteiger partial charge in [-0.2, -0.15) is 0 Å². The smallest absolute Gasteiger partial charge is 0.0177 e. The second-order valence-corrected chi connectivity index (χ2v) is 5.03. The van der Waals surface area contributed by atoms with Crippen LogP contribution in [0, 0.1) is 11.8 Å². The summed E-state index contributed by atoms with van der Waals surface area (Å²) in [4.78, 5) is 0.720. The summed E-state index contributed by atoms with van der Waals surface area (Å²) in [6.45, 7) is 8.50. The first-order chi connectivity index (χ1) is 5.11. The van der Waals surface area contributed by atoms with Gasteiger partial charge in [-0.05, 0) is 38.0 Å². The van der Waals surface area contributed by atoms with Crippen LogP contribution in [-0.2, 0) is 0 Å². The molecule has 1 aliphatic rings. The van der Waals surface area contributed by atoms with Crippen LogP contribution in [-0.4, -0.2) is 4.83 Å². The lowest BCUT2D eigenvalue weighted by atomic mass is 9.80. The topological polar surface area (TPSA) is 0 Å². The molecule has 1 saturated carbocycles. The van der Waals surface area contributed by atoms with Crippen LogP contribution in [0.4, 0.5) is 0 Å². The average molecular weight is 217 g/mol. The third-order valence-corrected chi connectivity index (χ3v) is 4.07. The minimum atomic E-state index is 0.720. The zero-order chi connectivity index (χ0) is 8.43. The summed E-state index contributed by atoms with van der Waals surface area (Å²) in [5.41, 5.74) is 1.36. The van der Waals surface area contributed by atoms with Gasteiger partial charge < -0.3 is 0 Å². The van der Waals surface area contributed by atoms with Gasteiger partial charge in [0, 0.05) is 4.83 Å². The van der Waals surface area contributed by atoms with Crippen LogP contribution in [0.5, 0.6) is 0 Å². The van der Waals surface area contributed by atoms with E-state index in [1.165, 1.54) is 24.8 Å².